The second-order valence-corrected chi connectivity index (χ2v) is 11.2. The quantitative estimate of drug-likeness (QED) is 0.574. The largest absolute Gasteiger partial charge is 0.444 e. The average molecular weight is 494 g/mol. The monoisotopic (exact) mass is 493 g/mol. The van der Waals surface area contributed by atoms with Crippen molar-refractivity contribution >= 4 is 23.5 Å². The van der Waals surface area contributed by atoms with Gasteiger partial charge in [-0.15, -0.1) is 0 Å². The molecule has 1 aromatic carbocycles. The van der Waals surface area contributed by atoms with E-state index in [2.05, 4.69) is 40.1 Å². The summed E-state index contributed by atoms with van der Waals surface area (Å²) in [7, 11) is 0. The van der Waals surface area contributed by atoms with Gasteiger partial charge in [0.15, 0.2) is 0 Å². The van der Waals surface area contributed by atoms with Crippen LogP contribution in [0.1, 0.15) is 55.9 Å². The molecule has 1 aromatic heterocycles. The van der Waals surface area contributed by atoms with E-state index < -0.39 is 5.60 Å². The second-order valence-electron chi connectivity index (χ2n) is 10.8. The molecule has 2 atom stereocenters. The summed E-state index contributed by atoms with van der Waals surface area (Å²) in [5.41, 5.74) is 3.34. The first kappa shape index (κ1) is 23.9. The number of fused-ring (bicyclic) bond motifs is 3. The Morgan fingerprint density at radius 2 is 1.86 bits per heavy atom. The fourth-order valence-corrected chi connectivity index (χ4v) is 5.91. The Hall–Kier alpha value is -2.82. The van der Waals surface area contributed by atoms with Crippen LogP contribution in [-0.4, -0.2) is 58.2 Å². The first-order valence-electron chi connectivity index (χ1n) is 12.4. The molecule has 0 N–H and O–H groups in total. The summed E-state index contributed by atoms with van der Waals surface area (Å²) < 4.78 is 5.69. The SMILES string of the molecule is CC(C)(C)OC(=O)N1[C@@H]2CC[C@H]1CN(c1nc(Cl)c(C#N)c3c1CCN(Cc1ccccc1)C3)C2. The van der Waals surface area contributed by atoms with E-state index >= 15 is 0 Å². The van der Waals surface area contributed by atoms with Crippen LogP contribution in [0.5, 0.6) is 0 Å². The van der Waals surface area contributed by atoms with Crippen molar-refractivity contribution in [2.45, 2.75) is 70.8 Å². The number of hydrogen-bond donors (Lipinski definition) is 0. The lowest BCUT2D eigenvalue weighted by Gasteiger charge is -2.43. The smallest absolute Gasteiger partial charge is 0.410 e. The van der Waals surface area contributed by atoms with E-state index in [-0.39, 0.29) is 23.3 Å². The van der Waals surface area contributed by atoms with Gasteiger partial charge < -0.3 is 9.64 Å². The molecule has 1 amide bonds. The molecule has 7 nitrogen and oxygen atoms in total. The highest BCUT2D eigenvalue weighted by atomic mass is 35.5. The Bertz CT molecular complexity index is 1140. The Morgan fingerprint density at radius 3 is 2.49 bits per heavy atom. The van der Waals surface area contributed by atoms with Crippen LogP contribution >= 0.6 is 11.6 Å². The first-order valence-corrected chi connectivity index (χ1v) is 12.7. The molecule has 35 heavy (non-hydrogen) atoms. The summed E-state index contributed by atoms with van der Waals surface area (Å²) in [6, 6.07) is 12.9. The molecular formula is C27H32ClN5O2. The normalized spacial score (nSPS) is 22.0. The van der Waals surface area contributed by atoms with Crippen molar-refractivity contribution in [3.05, 3.63) is 57.7 Å². The fraction of sp³-hybridized carbons (Fsp3) is 0.519. The van der Waals surface area contributed by atoms with E-state index in [9.17, 15) is 10.1 Å². The van der Waals surface area contributed by atoms with E-state index in [1.165, 1.54) is 5.56 Å². The molecule has 0 spiro atoms. The molecule has 5 rings (SSSR count). The maximum absolute atomic E-state index is 12.9. The maximum atomic E-state index is 12.9. The minimum Gasteiger partial charge on any atom is -0.444 e. The molecule has 4 heterocycles. The molecule has 184 valence electrons. The number of pyridine rings is 1. The number of carbonyl (C=O) groups excluding carboxylic acids is 1. The van der Waals surface area contributed by atoms with Crippen molar-refractivity contribution in [1.82, 2.24) is 14.8 Å². The van der Waals surface area contributed by atoms with E-state index in [0.29, 0.717) is 25.2 Å². The lowest BCUT2D eigenvalue weighted by atomic mass is 9.95. The summed E-state index contributed by atoms with van der Waals surface area (Å²) >= 11 is 6.57. The van der Waals surface area contributed by atoms with Gasteiger partial charge in [0.2, 0.25) is 0 Å². The number of aromatic nitrogens is 1. The Balaban J connectivity index is 1.40. The van der Waals surface area contributed by atoms with Crippen LogP contribution in [0.25, 0.3) is 0 Å². The van der Waals surface area contributed by atoms with Gasteiger partial charge in [-0.1, -0.05) is 41.9 Å². The van der Waals surface area contributed by atoms with Gasteiger partial charge >= 0.3 is 6.09 Å². The number of ether oxygens (including phenoxy) is 1. The predicted molar refractivity (Wildman–Crippen MR) is 135 cm³/mol. The van der Waals surface area contributed by atoms with Crippen LogP contribution in [0, 0.1) is 11.3 Å². The minimum atomic E-state index is -0.513. The number of halogens is 1. The van der Waals surface area contributed by atoms with Gasteiger partial charge in [-0.2, -0.15) is 5.26 Å². The van der Waals surface area contributed by atoms with Gasteiger partial charge in [0.25, 0.3) is 0 Å². The number of benzene rings is 1. The molecule has 0 unspecified atom stereocenters. The average Bonchev–Trinajstić information content (AvgIpc) is 3.08. The maximum Gasteiger partial charge on any atom is 0.410 e. The number of piperazine rings is 1. The minimum absolute atomic E-state index is 0.0913. The first-order chi connectivity index (χ1) is 16.7. The molecule has 8 heteroatoms. The van der Waals surface area contributed by atoms with E-state index in [1.807, 2.05) is 31.7 Å². The van der Waals surface area contributed by atoms with Gasteiger partial charge in [-0.05, 0) is 51.2 Å². The molecule has 3 aliphatic rings. The molecule has 0 aliphatic carbocycles. The number of nitrogens with zero attached hydrogens (tertiary/aromatic N) is 5. The number of amides is 1. The summed E-state index contributed by atoms with van der Waals surface area (Å²) in [6.45, 7) is 9.51. The number of carbonyl (C=O) groups is 1. The fourth-order valence-electron chi connectivity index (χ4n) is 5.68. The third-order valence-electron chi connectivity index (χ3n) is 7.15. The van der Waals surface area contributed by atoms with Crippen molar-refractivity contribution in [1.29, 1.82) is 5.26 Å². The van der Waals surface area contributed by atoms with E-state index in [4.69, 9.17) is 21.3 Å². The third kappa shape index (κ3) is 4.82. The van der Waals surface area contributed by atoms with Gasteiger partial charge in [-0.3, -0.25) is 9.80 Å². The number of rotatable bonds is 3. The standard InChI is InChI=1S/C27H32ClN5O2/c1-27(2,3)35-26(34)33-19-9-10-20(33)16-32(15-19)25-21-11-12-31(14-18-7-5-4-6-8-18)17-23(21)22(13-29)24(28)30-25/h4-8,19-20H,9-12,14-17H2,1-3H3/t19-,20+. The van der Waals surface area contributed by atoms with Crippen LogP contribution in [0.4, 0.5) is 10.6 Å². The molecule has 2 saturated heterocycles. The topological polar surface area (TPSA) is 72.7 Å². The van der Waals surface area contributed by atoms with Crippen molar-refractivity contribution in [3.63, 3.8) is 0 Å². The van der Waals surface area contributed by atoms with Crippen LogP contribution < -0.4 is 4.90 Å². The van der Waals surface area contributed by atoms with Crippen LogP contribution in [-0.2, 0) is 24.2 Å². The summed E-state index contributed by atoms with van der Waals surface area (Å²) in [4.78, 5) is 24.2. The molecular weight excluding hydrogens is 462 g/mol. The lowest BCUT2D eigenvalue weighted by Crippen LogP contribution is -2.57. The van der Waals surface area contributed by atoms with Crippen molar-refractivity contribution in [2.75, 3.05) is 24.5 Å². The lowest BCUT2D eigenvalue weighted by molar-refractivity contribution is 0.0122. The Morgan fingerprint density at radius 1 is 1.17 bits per heavy atom. The van der Waals surface area contributed by atoms with E-state index in [0.717, 1.165) is 49.3 Å². The van der Waals surface area contributed by atoms with Crippen LogP contribution in [0.3, 0.4) is 0 Å². The Labute approximate surface area is 212 Å². The van der Waals surface area contributed by atoms with Crippen molar-refractivity contribution in [3.8, 4) is 6.07 Å². The van der Waals surface area contributed by atoms with Gasteiger partial charge in [-0.25, -0.2) is 9.78 Å². The molecule has 2 aromatic rings. The summed E-state index contributed by atoms with van der Waals surface area (Å²) in [5, 5.41) is 10.1. The zero-order valence-electron chi connectivity index (χ0n) is 20.6. The zero-order valence-corrected chi connectivity index (χ0v) is 21.4. The Kier molecular flexibility index (Phi) is 6.37. The van der Waals surface area contributed by atoms with Crippen molar-refractivity contribution < 1.29 is 9.53 Å². The molecule has 2 fully saturated rings. The predicted octanol–water partition coefficient (Wildman–Crippen LogP) is 4.75. The van der Waals surface area contributed by atoms with Gasteiger partial charge in [0, 0.05) is 38.3 Å². The van der Waals surface area contributed by atoms with Gasteiger partial charge in [0.1, 0.15) is 22.6 Å². The number of hydrogen-bond acceptors (Lipinski definition) is 6. The highest BCUT2D eigenvalue weighted by molar-refractivity contribution is 6.30. The zero-order chi connectivity index (χ0) is 24.7. The summed E-state index contributed by atoms with van der Waals surface area (Å²) in [6.07, 6.45) is 2.50. The highest BCUT2D eigenvalue weighted by Crippen LogP contribution is 2.38. The van der Waals surface area contributed by atoms with E-state index in [1.54, 1.807) is 0 Å². The number of nitriles is 1. The molecule has 0 radical (unpaired) electrons. The van der Waals surface area contributed by atoms with Gasteiger partial charge in [0.05, 0.1) is 17.6 Å². The second kappa shape index (κ2) is 9.33. The summed E-state index contributed by atoms with van der Waals surface area (Å²) in [5.74, 6) is 0.879. The third-order valence-corrected chi connectivity index (χ3v) is 7.43. The van der Waals surface area contributed by atoms with Crippen LogP contribution in [0.2, 0.25) is 5.15 Å². The highest BCUT2D eigenvalue weighted by Gasteiger charge is 2.45. The van der Waals surface area contributed by atoms with Crippen molar-refractivity contribution in [2.24, 2.45) is 0 Å². The number of anilines is 1. The molecule has 0 saturated carbocycles. The van der Waals surface area contributed by atoms with Crippen LogP contribution in [0.15, 0.2) is 30.3 Å². The molecule has 2 bridgehead atoms. The molecule has 3 aliphatic heterocycles.